The maximum atomic E-state index is 13.3. The zero-order valence-corrected chi connectivity index (χ0v) is 23.1. The zero-order valence-electron chi connectivity index (χ0n) is 20.7. The molecule has 1 saturated heterocycles. The molecule has 2 amide bonds. The van der Waals surface area contributed by atoms with Crippen molar-refractivity contribution in [2.45, 2.75) is 56.7 Å². The third kappa shape index (κ3) is 7.06. The minimum Gasteiger partial charge on any atom is -0.480 e. The van der Waals surface area contributed by atoms with Crippen molar-refractivity contribution in [1.82, 2.24) is 20.5 Å². The summed E-state index contributed by atoms with van der Waals surface area (Å²) in [5.74, 6) is -0.892. The summed E-state index contributed by atoms with van der Waals surface area (Å²) in [4.78, 5) is 33.1. The molecule has 0 bridgehead atoms. The van der Waals surface area contributed by atoms with Gasteiger partial charge in [0.25, 0.3) is 0 Å². The van der Waals surface area contributed by atoms with Crippen LogP contribution in [0.15, 0.2) is 42.7 Å². The van der Waals surface area contributed by atoms with E-state index in [9.17, 15) is 14.7 Å². The second kappa shape index (κ2) is 14.2. The van der Waals surface area contributed by atoms with Gasteiger partial charge in [-0.15, -0.1) is 37.2 Å². The number of aliphatic carboxylic acids is 1. The van der Waals surface area contributed by atoms with E-state index in [1.165, 1.54) is 11.1 Å². The van der Waals surface area contributed by atoms with Crippen LogP contribution in [0.2, 0.25) is 0 Å². The maximum Gasteiger partial charge on any atom is 0.325 e. The van der Waals surface area contributed by atoms with Gasteiger partial charge >= 0.3 is 12.0 Å². The highest BCUT2D eigenvalue weighted by atomic mass is 35.5. The molecular formula is C26H36Cl3N5O3. The van der Waals surface area contributed by atoms with Crippen LogP contribution in [0.25, 0.3) is 0 Å². The summed E-state index contributed by atoms with van der Waals surface area (Å²) in [5, 5.41) is 16.4. The van der Waals surface area contributed by atoms with Crippen molar-refractivity contribution in [3.8, 4) is 0 Å². The minimum atomic E-state index is -0.892. The van der Waals surface area contributed by atoms with Crippen molar-refractivity contribution in [3.05, 3.63) is 59.4 Å². The van der Waals surface area contributed by atoms with E-state index in [1.54, 1.807) is 24.5 Å². The second-order valence-electron chi connectivity index (χ2n) is 9.56. The SMILES string of the molecule is Cl.Cl.Cl.O=C(O)C(N[C@H]1CC[C@H](N2CCN(c3ccc4c(c3)CCNCC4)C2=O)CC1)c1cccnc1. The average Bonchev–Trinajstić information content (AvgIpc) is 3.08. The van der Waals surface area contributed by atoms with Gasteiger partial charge in [-0.3, -0.25) is 20.0 Å². The molecule has 1 unspecified atom stereocenters. The van der Waals surface area contributed by atoms with E-state index in [0.717, 1.165) is 70.4 Å². The number of pyridine rings is 1. The maximum absolute atomic E-state index is 13.3. The second-order valence-corrected chi connectivity index (χ2v) is 9.56. The Hall–Kier alpha value is -2.10. The standard InChI is InChI=1S/C26H33N5O3.3ClH/c32-25(33)24(20-2-1-11-28-17-20)29-21-4-7-22(8-5-21)30-14-15-31(26(30)34)23-6-3-18-9-12-27-13-10-19(18)16-23;;;/h1-3,6,11,16-17,21-22,24,27,29H,4-5,7-10,12-15H2,(H,32,33);3*1H/t21-,22-,24?;;;. The molecule has 8 nitrogen and oxygen atoms in total. The fourth-order valence-electron chi connectivity index (χ4n) is 5.61. The Morgan fingerprint density at radius 3 is 2.43 bits per heavy atom. The van der Waals surface area contributed by atoms with E-state index < -0.39 is 12.0 Å². The van der Waals surface area contributed by atoms with Crippen LogP contribution < -0.4 is 15.5 Å². The van der Waals surface area contributed by atoms with Crippen LogP contribution in [0.4, 0.5) is 10.5 Å². The first-order chi connectivity index (χ1) is 16.6. The Labute approximate surface area is 236 Å². The molecule has 3 heterocycles. The number of aromatic nitrogens is 1. The van der Waals surface area contributed by atoms with Gasteiger partial charge in [0.1, 0.15) is 6.04 Å². The van der Waals surface area contributed by atoms with Crippen molar-refractivity contribution in [1.29, 1.82) is 0 Å². The number of carbonyl (C=O) groups is 2. The molecule has 5 rings (SSSR count). The molecule has 0 spiro atoms. The molecule has 1 aliphatic carbocycles. The molecule has 3 aliphatic rings. The van der Waals surface area contributed by atoms with E-state index in [2.05, 4.69) is 33.8 Å². The third-order valence-electron chi connectivity index (χ3n) is 7.49. The van der Waals surface area contributed by atoms with Crippen LogP contribution in [-0.4, -0.2) is 65.3 Å². The fourth-order valence-corrected chi connectivity index (χ4v) is 5.61. The number of rotatable bonds is 6. The van der Waals surface area contributed by atoms with E-state index in [4.69, 9.17) is 0 Å². The fraction of sp³-hybridized carbons (Fsp3) is 0.500. The number of benzene rings is 1. The highest BCUT2D eigenvalue weighted by Crippen LogP contribution is 2.31. The molecule has 2 aliphatic heterocycles. The zero-order chi connectivity index (χ0) is 23.5. The quantitative estimate of drug-likeness (QED) is 0.484. The van der Waals surface area contributed by atoms with Gasteiger partial charge in [-0.05, 0) is 86.5 Å². The Balaban J connectivity index is 0.00000160. The molecule has 0 radical (unpaired) electrons. The third-order valence-corrected chi connectivity index (χ3v) is 7.49. The molecule has 11 heteroatoms. The van der Waals surface area contributed by atoms with Gasteiger partial charge in [0.15, 0.2) is 0 Å². The van der Waals surface area contributed by atoms with Gasteiger partial charge in [-0.2, -0.15) is 0 Å². The smallest absolute Gasteiger partial charge is 0.325 e. The first-order valence-corrected chi connectivity index (χ1v) is 12.4. The Kier molecular flexibility index (Phi) is 11.9. The molecule has 1 saturated carbocycles. The van der Waals surface area contributed by atoms with Crippen LogP contribution in [0.5, 0.6) is 0 Å². The van der Waals surface area contributed by atoms with Gasteiger partial charge in [-0.1, -0.05) is 12.1 Å². The lowest BCUT2D eigenvalue weighted by Crippen LogP contribution is -2.46. The highest BCUT2D eigenvalue weighted by molar-refractivity contribution is 5.94. The van der Waals surface area contributed by atoms with E-state index >= 15 is 0 Å². The van der Waals surface area contributed by atoms with Crippen molar-refractivity contribution in [2.75, 3.05) is 31.1 Å². The number of nitrogens with one attached hydrogen (secondary N) is 2. The predicted octanol–water partition coefficient (Wildman–Crippen LogP) is 4.00. The summed E-state index contributed by atoms with van der Waals surface area (Å²) in [5.41, 5.74) is 4.40. The van der Waals surface area contributed by atoms with Crippen molar-refractivity contribution >= 4 is 54.9 Å². The summed E-state index contributed by atoms with van der Waals surface area (Å²) in [6.07, 6.45) is 8.76. The number of nitrogens with zero attached hydrogens (tertiary/aromatic N) is 3. The highest BCUT2D eigenvalue weighted by Gasteiger charge is 2.37. The molecule has 1 aromatic carbocycles. The summed E-state index contributed by atoms with van der Waals surface area (Å²) >= 11 is 0. The van der Waals surface area contributed by atoms with Gasteiger partial charge in [0.05, 0.1) is 0 Å². The van der Waals surface area contributed by atoms with E-state index in [-0.39, 0.29) is 55.3 Å². The number of hydrogen-bond acceptors (Lipinski definition) is 5. The Morgan fingerprint density at radius 2 is 1.76 bits per heavy atom. The van der Waals surface area contributed by atoms with Crippen molar-refractivity contribution < 1.29 is 14.7 Å². The van der Waals surface area contributed by atoms with Crippen LogP contribution in [0.1, 0.15) is 48.4 Å². The summed E-state index contributed by atoms with van der Waals surface area (Å²) < 4.78 is 0. The van der Waals surface area contributed by atoms with Gasteiger partial charge in [0, 0.05) is 43.3 Å². The summed E-state index contributed by atoms with van der Waals surface area (Å²) in [7, 11) is 0. The van der Waals surface area contributed by atoms with Crippen LogP contribution >= 0.6 is 37.2 Å². The van der Waals surface area contributed by atoms with Crippen LogP contribution in [-0.2, 0) is 17.6 Å². The number of carbonyl (C=O) groups excluding carboxylic acids is 1. The number of carboxylic acids is 1. The average molecular weight is 573 g/mol. The lowest BCUT2D eigenvalue weighted by Gasteiger charge is -2.35. The molecule has 3 N–H and O–H groups in total. The van der Waals surface area contributed by atoms with Crippen molar-refractivity contribution in [2.24, 2.45) is 0 Å². The first-order valence-electron chi connectivity index (χ1n) is 12.4. The lowest BCUT2D eigenvalue weighted by atomic mass is 9.89. The number of fused-ring (bicyclic) bond motifs is 1. The summed E-state index contributed by atoms with van der Waals surface area (Å²) in [6, 6.07) is 9.70. The number of halogens is 3. The van der Waals surface area contributed by atoms with Crippen LogP contribution in [0.3, 0.4) is 0 Å². The number of amides is 2. The molecule has 2 fully saturated rings. The molecule has 1 aromatic heterocycles. The Morgan fingerprint density at radius 1 is 1.03 bits per heavy atom. The van der Waals surface area contributed by atoms with Gasteiger partial charge < -0.3 is 15.3 Å². The van der Waals surface area contributed by atoms with Crippen LogP contribution in [0, 0.1) is 0 Å². The predicted molar refractivity (Wildman–Crippen MR) is 152 cm³/mol. The monoisotopic (exact) mass is 571 g/mol. The lowest BCUT2D eigenvalue weighted by molar-refractivity contribution is -0.140. The molecule has 204 valence electrons. The van der Waals surface area contributed by atoms with E-state index in [0.29, 0.717) is 5.56 Å². The molecule has 2 aromatic rings. The normalized spacial score (nSPS) is 22.0. The van der Waals surface area contributed by atoms with E-state index in [1.807, 2.05) is 9.80 Å². The largest absolute Gasteiger partial charge is 0.480 e. The Bertz CT molecular complexity index is 1040. The number of anilines is 1. The van der Waals surface area contributed by atoms with Crippen molar-refractivity contribution in [3.63, 3.8) is 0 Å². The molecule has 37 heavy (non-hydrogen) atoms. The number of hydrogen-bond donors (Lipinski definition) is 3. The minimum absolute atomic E-state index is 0. The van der Waals surface area contributed by atoms with Gasteiger partial charge in [-0.25, -0.2) is 4.79 Å². The molecule has 1 atom stereocenters. The molecular weight excluding hydrogens is 537 g/mol. The number of carboxylic acid groups (broad SMARTS) is 1. The summed E-state index contributed by atoms with van der Waals surface area (Å²) in [6.45, 7) is 3.46. The first kappa shape index (κ1) is 31.1. The number of urea groups is 1. The topological polar surface area (TPSA) is 97.8 Å². The van der Waals surface area contributed by atoms with Gasteiger partial charge in [0.2, 0.25) is 0 Å².